The van der Waals surface area contributed by atoms with Gasteiger partial charge in [0.25, 0.3) is 0 Å². The van der Waals surface area contributed by atoms with Gasteiger partial charge in [-0.25, -0.2) is 18.1 Å². The number of aromatic nitrogens is 1. The van der Waals surface area contributed by atoms with Crippen molar-refractivity contribution in [2.24, 2.45) is 0 Å². The summed E-state index contributed by atoms with van der Waals surface area (Å²) in [5.41, 5.74) is 1.98. The molecule has 1 N–H and O–H groups in total. The van der Waals surface area contributed by atoms with Crippen LogP contribution in [0.4, 0.5) is 0 Å². The van der Waals surface area contributed by atoms with Gasteiger partial charge in [-0.3, -0.25) is 0 Å². The topological polar surface area (TPSA) is 72.2 Å². The lowest BCUT2D eigenvalue weighted by Gasteiger charge is -2.06. The fourth-order valence-electron chi connectivity index (χ4n) is 1.86. The van der Waals surface area contributed by atoms with E-state index in [2.05, 4.69) is 9.71 Å². The second-order valence-corrected chi connectivity index (χ2v) is 6.06. The van der Waals surface area contributed by atoms with Gasteiger partial charge >= 0.3 is 0 Å². The molecule has 6 heteroatoms. The second kappa shape index (κ2) is 5.07. The summed E-state index contributed by atoms with van der Waals surface area (Å²) in [6, 6.07) is 13.9. The number of fused-ring (bicyclic) bond motifs is 1. The fraction of sp³-hybridized carbons (Fsp3) is 0.0714. The third-order valence-corrected chi connectivity index (χ3v) is 4.32. The highest BCUT2D eigenvalue weighted by molar-refractivity contribution is 7.89. The van der Waals surface area contributed by atoms with E-state index in [0.29, 0.717) is 11.1 Å². The third-order valence-electron chi connectivity index (χ3n) is 2.92. The van der Waals surface area contributed by atoms with E-state index in [0.717, 1.165) is 5.56 Å². The van der Waals surface area contributed by atoms with Crippen molar-refractivity contribution in [3.63, 3.8) is 0 Å². The van der Waals surface area contributed by atoms with Crippen molar-refractivity contribution in [2.45, 2.75) is 11.4 Å². The predicted octanol–water partition coefficient (Wildman–Crippen LogP) is 2.31. The van der Waals surface area contributed by atoms with Gasteiger partial charge in [0, 0.05) is 12.6 Å². The summed E-state index contributed by atoms with van der Waals surface area (Å²) in [4.78, 5) is 4.12. The van der Waals surface area contributed by atoms with E-state index in [1.54, 1.807) is 6.07 Å². The highest BCUT2D eigenvalue weighted by atomic mass is 32.2. The van der Waals surface area contributed by atoms with Gasteiger partial charge in [-0.05, 0) is 17.7 Å². The van der Waals surface area contributed by atoms with Crippen molar-refractivity contribution in [3.05, 3.63) is 60.5 Å². The molecule has 20 heavy (non-hydrogen) atoms. The molecule has 0 aliphatic carbocycles. The Bertz CT molecular complexity index is 826. The van der Waals surface area contributed by atoms with Gasteiger partial charge in [0.2, 0.25) is 10.0 Å². The maximum absolute atomic E-state index is 12.2. The van der Waals surface area contributed by atoms with E-state index in [4.69, 9.17) is 4.42 Å². The molecule has 5 nitrogen and oxygen atoms in total. The van der Waals surface area contributed by atoms with Crippen LogP contribution in [0.3, 0.4) is 0 Å². The average Bonchev–Trinajstić information content (AvgIpc) is 2.94. The van der Waals surface area contributed by atoms with Crippen LogP contribution < -0.4 is 4.72 Å². The zero-order valence-corrected chi connectivity index (χ0v) is 11.3. The molecule has 0 radical (unpaired) electrons. The van der Waals surface area contributed by atoms with Crippen molar-refractivity contribution in [2.75, 3.05) is 0 Å². The molecular formula is C14H12N2O3S. The summed E-state index contributed by atoms with van der Waals surface area (Å²) < 4.78 is 32.1. The predicted molar refractivity (Wildman–Crippen MR) is 74.5 cm³/mol. The molecule has 0 saturated carbocycles. The molecule has 0 spiro atoms. The first kappa shape index (κ1) is 12.8. The van der Waals surface area contributed by atoms with Crippen molar-refractivity contribution in [3.8, 4) is 0 Å². The van der Waals surface area contributed by atoms with Crippen LogP contribution in [0, 0.1) is 0 Å². The van der Waals surface area contributed by atoms with Gasteiger partial charge in [0.05, 0.1) is 4.90 Å². The monoisotopic (exact) mass is 288 g/mol. The molecule has 0 saturated heterocycles. The van der Waals surface area contributed by atoms with Crippen molar-refractivity contribution >= 4 is 21.1 Å². The van der Waals surface area contributed by atoms with Gasteiger partial charge in [-0.15, -0.1) is 0 Å². The first-order chi connectivity index (χ1) is 9.65. The standard InChI is InChI=1S/C14H12N2O3S/c17-20(18,16-9-11-4-2-1-3-5-11)12-6-7-13-14(8-12)19-10-15-13/h1-8,10,16H,9H2. The molecule has 3 aromatic rings. The first-order valence-electron chi connectivity index (χ1n) is 6.02. The normalized spacial score (nSPS) is 11.8. The first-order valence-corrected chi connectivity index (χ1v) is 7.50. The molecule has 1 aromatic heterocycles. The van der Waals surface area contributed by atoms with Gasteiger partial charge in [-0.2, -0.15) is 0 Å². The summed E-state index contributed by atoms with van der Waals surface area (Å²) in [6.07, 6.45) is 1.29. The van der Waals surface area contributed by atoms with Crippen LogP contribution in [0.15, 0.2) is 64.2 Å². The minimum Gasteiger partial charge on any atom is -0.443 e. The fourth-order valence-corrected chi connectivity index (χ4v) is 2.89. The Kier molecular flexibility index (Phi) is 3.25. The Labute approximate surface area is 116 Å². The molecule has 0 atom stereocenters. The minimum atomic E-state index is -3.57. The summed E-state index contributed by atoms with van der Waals surface area (Å²) in [7, 11) is -3.57. The highest BCUT2D eigenvalue weighted by Gasteiger charge is 2.15. The van der Waals surface area contributed by atoms with Crippen LogP contribution in [0.1, 0.15) is 5.56 Å². The van der Waals surface area contributed by atoms with Gasteiger partial charge in [0.1, 0.15) is 5.52 Å². The molecule has 0 unspecified atom stereocenters. The number of hydrogen-bond acceptors (Lipinski definition) is 4. The summed E-state index contributed by atoms with van der Waals surface area (Å²) in [5.74, 6) is 0. The molecule has 0 bridgehead atoms. The van der Waals surface area contributed by atoms with Crippen LogP contribution in [-0.2, 0) is 16.6 Å². The Balaban J connectivity index is 1.84. The lowest BCUT2D eigenvalue weighted by atomic mass is 10.2. The summed E-state index contributed by atoms with van der Waals surface area (Å²) >= 11 is 0. The average molecular weight is 288 g/mol. The number of hydrogen-bond donors (Lipinski definition) is 1. The maximum atomic E-state index is 12.2. The number of nitrogens with zero attached hydrogens (tertiary/aromatic N) is 1. The Morgan fingerprint density at radius 1 is 1.10 bits per heavy atom. The number of benzene rings is 2. The zero-order valence-electron chi connectivity index (χ0n) is 10.5. The third kappa shape index (κ3) is 2.56. The van der Waals surface area contributed by atoms with E-state index >= 15 is 0 Å². The number of rotatable bonds is 4. The second-order valence-electron chi connectivity index (χ2n) is 4.29. The smallest absolute Gasteiger partial charge is 0.241 e. The Morgan fingerprint density at radius 3 is 2.70 bits per heavy atom. The van der Waals surface area contributed by atoms with E-state index in [-0.39, 0.29) is 11.4 Å². The van der Waals surface area contributed by atoms with E-state index in [1.807, 2.05) is 30.3 Å². The largest absolute Gasteiger partial charge is 0.443 e. The molecule has 0 aliphatic heterocycles. The van der Waals surface area contributed by atoms with E-state index in [1.165, 1.54) is 18.5 Å². The molecule has 2 aromatic carbocycles. The van der Waals surface area contributed by atoms with Gasteiger partial charge in [0.15, 0.2) is 12.0 Å². The number of sulfonamides is 1. The maximum Gasteiger partial charge on any atom is 0.241 e. The van der Waals surface area contributed by atoms with Crippen LogP contribution in [0.25, 0.3) is 11.1 Å². The molecular weight excluding hydrogens is 276 g/mol. The van der Waals surface area contributed by atoms with Crippen molar-refractivity contribution in [1.82, 2.24) is 9.71 Å². The number of oxazole rings is 1. The lowest BCUT2D eigenvalue weighted by molar-refractivity contribution is 0.579. The van der Waals surface area contributed by atoms with Gasteiger partial charge < -0.3 is 4.42 Å². The van der Waals surface area contributed by atoms with E-state index in [9.17, 15) is 8.42 Å². The Hall–Kier alpha value is -2.18. The highest BCUT2D eigenvalue weighted by Crippen LogP contribution is 2.18. The van der Waals surface area contributed by atoms with Gasteiger partial charge in [-0.1, -0.05) is 30.3 Å². The minimum absolute atomic E-state index is 0.165. The molecule has 1 heterocycles. The van der Waals surface area contributed by atoms with Crippen LogP contribution in [0.5, 0.6) is 0 Å². The lowest BCUT2D eigenvalue weighted by Crippen LogP contribution is -2.23. The molecule has 0 aliphatic rings. The zero-order chi connectivity index (χ0) is 14.0. The van der Waals surface area contributed by atoms with Crippen molar-refractivity contribution in [1.29, 1.82) is 0 Å². The summed E-state index contributed by atoms with van der Waals surface area (Å²) in [5, 5.41) is 0. The molecule has 3 rings (SSSR count). The SMILES string of the molecule is O=S(=O)(NCc1ccccc1)c1ccc2ncoc2c1. The number of nitrogens with one attached hydrogen (secondary N) is 1. The van der Waals surface area contributed by atoms with Crippen LogP contribution >= 0.6 is 0 Å². The van der Waals surface area contributed by atoms with Crippen LogP contribution in [-0.4, -0.2) is 13.4 Å². The quantitative estimate of drug-likeness (QED) is 0.799. The molecule has 102 valence electrons. The van der Waals surface area contributed by atoms with Crippen LogP contribution in [0.2, 0.25) is 0 Å². The molecule has 0 amide bonds. The molecule has 0 fully saturated rings. The Morgan fingerprint density at radius 2 is 1.90 bits per heavy atom. The summed E-state index contributed by atoms with van der Waals surface area (Å²) in [6.45, 7) is 0.248. The van der Waals surface area contributed by atoms with E-state index < -0.39 is 10.0 Å². The van der Waals surface area contributed by atoms with Crippen molar-refractivity contribution < 1.29 is 12.8 Å².